The van der Waals surface area contributed by atoms with E-state index in [-0.39, 0.29) is 12.2 Å². The number of aromatic nitrogens is 3. The van der Waals surface area contributed by atoms with Crippen molar-refractivity contribution in [2.45, 2.75) is 25.2 Å². The van der Waals surface area contributed by atoms with E-state index in [4.69, 9.17) is 4.74 Å². The van der Waals surface area contributed by atoms with Crippen molar-refractivity contribution in [2.75, 3.05) is 13.2 Å². The molecule has 0 bridgehead atoms. The second-order valence-electron chi connectivity index (χ2n) is 8.77. The van der Waals surface area contributed by atoms with Crippen LogP contribution in [0.25, 0.3) is 33.4 Å². The number of pyridine rings is 2. The van der Waals surface area contributed by atoms with Crippen LogP contribution in [0.5, 0.6) is 11.5 Å². The number of alkyl halides is 3. The third-order valence-electron chi connectivity index (χ3n) is 6.35. The van der Waals surface area contributed by atoms with Gasteiger partial charge in [0.1, 0.15) is 12.4 Å². The summed E-state index contributed by atoms with van der Waals surface area (Å²) >= 11 is 0. The number of H-pyrrole nitrogens is 1. The number of rotatable bonds is 8. The van der Waals surface area contributed by atoms with Crippen molar-refractivity contribution in [3.8, 4) is 33.9 Å². The van der Waals surface area contributed by atoms with E-state index in [9.17, 15) is 26.0 Å². The van der Waals surface area contributed by atoms with Gasteiger partial charge in [-0.3, -0.25) is 9.97 Å². The quantitative estimate of drug-likeness (QED) is 0.279. The van der Waals surface area contributed by atoms with Crippen LogP contribution in [0.3, 0.4) is 0 Å². The van der Waals surface area contributed by atoms with Crippen molar-refractivity contribution < 1.29 is 35.5 Å². The minimum Gasteiger partial charge on any atom is -0.490 e. The number of hydrogen-bond donors (Lipinski definition) is 1. The summed E-state index contributed by atoms with van der Waals surface area (Å²) in [4.78, 5) is 11.7. The third-order valence-corrected chi connectivity index (χ3v) is 7.90. The first-order valence-corrected chi connectivity index (χ1v) is 13.3. The number of sulfonamides is 1. The average Bonchev–Trinajstić information content (AvgIpc) is 3.53. The number of benzene rings is 1. The highest BCUT2D eigenvalue weighted by Gasteiger charge is 2.34. The van der Waals surface area contributed by atoms with Crippen LogP contribution in [0, 0.1) is 5.82 Å². The van der Waals surface area contributed by atoms with Gasteiger partial charge in [-0.15, -0.1) is 13.2 Å². The lowest BCUT2D eigenvalue weighted by molar-refractivity contribution is -0.275. The zero-order valence-corrected chi connectivity index (χ0v) is 21.1. The van der Waals surface area contributed by atoms with Crippen LogP contribution < -0.4 is 9.47 Å². The monoisotopic (exact) mass is 562 g/mol. The minimum absolute atomic E-state index is 0.0414. The highest BCUT2D eigenvalue weighted by Crippen LogP contribution is 2.42. The fourth-order valence-corrected chi connectivity index (χ4v) is 5.82. The SMILES string of the molecule is C=CS(=O)(=O)N1CCC[C@H]1COc1cnccc1-c1[nH]c2cccnc2c1-c1ccc(F)c(OC(F)(F)F)c1. The van der Waals surface area contributed by atoms with E-state index in [1.807, 2.05) is 0 Å². The number of fused-ring (bicyclic) bond motifs is 1. The van der Waals surface area contributed by atoms with Gasteiger partial charge >= 0.3 is 6.36 Å². The number of nitrogens with one attached hydrogen (secondary N) is 1. The number of nitrogens with zero attached hydrogens (tertiary/aromatic N) is 3. The smallest absolute Gasteiger partial charge is 0.490 e. The second kappa shape index (κ2) is 10.3. The molecule has 1 fully saturated rings. The Balaban J connectivity index is 1.57. The molecule has 0 saturated carbocycles. The zero-order valence-electron chi connectivity index (χ0n) is 20.3. The highest BCUT2D eigenvalue weighted by molar-refractivity contribution is 7.92. The summed E-state index contributed by atoms with van der Waals surface area (Å²) in [6.45, 7) is 3.78. The Bertz CT molecular complexity index is 1640. The van der Waals surface area contributed by atoms with Crippen molar-refractivity contribution in [2.24, 2.45) is 0 Å². The molecule has 3 aromatic heterocycles. The van der Waals surface area contributed by atoms with Crippen LogP contribution in [0.4, 0.5) is 17.6 Å². The van der Waals surface area contributed by atoms with Crippen molar-refractivity contribution in [1.82, 2.24) is 19.3 Å². The van der Waals surface area contributed by atoms with E-state index in [0.717, 1.165) is 17.5 Å². The maximum atomic E-state index is 14.2. The topological polar surface area (TPSA) is 97.4 Å². The molecule has 0 spiro atoms. The standard InChI is InChI=1S/C26H22F4N4O4S/c1-2-39(35,36)34-12-4-5-17(34)15-37-22-14-31-11-9-18(22)24-23(25-20(33-24)6-3-10-32-25)16-7-8-19(27)21(13-16)38-26(28,29)30/h2-3,6-11,13-14,17,33H,1,4-5,12,15H2/t17-/m0/s1. The Hall–Kier alpha value is -3.97. The lowest BCUT2D eigenvalue weighted by atomic mass is 10.00. The molecular formula is C26H22F4N4O4S. The second-order valence-corrected chi connectivity index (χ2v) is 10.6. The number of aromatic amines is 1. The molecule has 204 valence electrons. The lowest BCUT2D eigenvalue weighted by Crippen LogP contribution is -2.37. The highest BCUT2D eigenvalue weighted by atomic mass is 32.2. The molecule has 4 heterocycles. The van der Waals surface area contributed by atoms with Crippen LogP contribution >= 0.6 is 0 Å². The Kier molecular flexibility index (Phi) is 7.03. The number of ether oxygens (including phenoxy) is 2. The first kappa shape index (κ1) is 26.6. The van der Waals surface area contributed by atoms with Crippen molar-refractivity contribution in [3.05, 3.63) is 72.8 Å². The molecule has 0 aliphatic carbocycles. The molecule has 1 aliphatic rings. The first-order valence-electron chi connectivity index (χ1n) is 11.8. The maximum Gasteiger partial charge on any atom is 0.573 e. The van der Waals surface area contributed by atoms with Crippen LogP contribution in [0.15, 0.2) is 67.0 Å². The van der Waals surface area contributed by atoms with Crippen molar-refractivity contribution in [3.63, 3.8) is 0 Å². The lowest BCUT2D eigenvalue weighted by Gasteiger charge is -2.23. The van der Waals surface area contributed by atoms with E-state index in [1.165, 1.54) is 29.0 Å². The predicted molar refractivity (Wildman–Crippen MR) is 136 cm³/mol. The van der Waals surface area contributed by atoms with E-state index in [2.05, 4.69) is 26.3 Å². The van der Waals surface area contributed by atoms with Gasteiger partial charge in [-0.25, -0.2) is 12.8 Å². The number of halogens is 4. The maximum absolute atomic E-state index is 14.2. The molecule has 4 aromatic rings. The molecule has 0 unspecified atom stereocenters. The van der Waals surface area contributed by atoms with Crippen LogP contribution in [-0.2, 0) is 10.0 Å². The molecule has 8 nitrogen and oxygen atoms in total. The van der Waals surface area contributed by atoms with Gasteiger partial charge in [0.25, 0.3) is 0 Å². The van der Waals surface area contributed by atoms with Gasteiger partial charge < -0.3 is 14.5 Å². The summed E-state index contributed by atoms with van der Waals surface area (Å²) < 4.78 is 89.0. The van der Waals surface area contributed by atoms with Gasteiger partial charge in [-0.05, 0) is 48.7 Å². The molecule has 39 heavy (non-hydrogen) atoms. The minimum atomic E-state index is -5.08. The van der Waals surface area contributed by atoms with Crippen molar-refractivity contribution in [1.29, 1.82) is 0 Å². The third kappa shape index (κ3) is 5.45. The first-order chi connectivity index (χ1) is 18.6. The summed E-state index contributed by atoms with van der Waals surface area (Å²) in [5, 5.41) is 0.907. The molecule has 0 amide bonds. The predicted octanol–water partition coefficient (Wildman–Crippen LogP) is 5.65. The summed E-state index contributed by atoms with van der Waals surface area (Å²) in [5.74, 6) is -1.84. The number of hydrogen-bond acceptors (Lipinski definition) is 6. The Labute approximate surface area is 221 Å². The van der Waals surface area contributed by atoms with E-state index < -0.39 is 34.0 Å². The molecule has 1 atom stereocenters. The van der Waals surface area contributed by atoms with Gasteiger partial charge in [0.2, 0.25) is 10.0 Å². The summed E-state index contributed by atoms with van der Waals surface area (Å²) in [7, 11) is -3.63. The summed E-state index contributed by atoms with van der Waals surface area (Å²) in [5.41, 5.74) is 2.55. The van der Waals surface area contributed by atoms with Gasteiger partial charge in [0, 0.05) is 35.5 Å². The molecular weight excluding hydrogens is 540 g/mol. The van der Waals surface area contributed by atoms with Gasteiger partial charge in [0.05, 0.1) is 29.0 Å². The Morgan fingerprint density at radius 1 is 1.18 bits per heavy atom. The van der Waals surface area contributed by atoms with Crippen LogP contribution in [0.1, 0.15) is 12.8 Å². The van der Waals surface area contributed by atoms with Crippen molar-refractivity contribution >= 4 is 21.1 Å². The normalized spacial score (nSPS) is 16.5. The van der Waals surface area contributed by atoms with E-state index >= 15 is 0 Å². The van der Waals surface area contributed by atoms with E-state index in [0.29, 0.717) is 53.0 Å². The molecule has 1 aliphatic heterocycles. The molecule has 1 aromatic carbocycles. The Morgan fingerprint density at radius 2 is 2.00 bits per heavy atom. The zero-order chi connectivity index (χ0) is 27.8. The Morgan fingerprint density at radius 3 is 2.77 bits per heavy atom. The van der Waals surface area contributed by atoms with E-state index in [1.54, 1.807) is 18.2 Å². The fraction of sp³-hybridized carbons (Fsp3) is 0.231. The van der Waals surface area contributed by atoms with Crippen LogP contribution in [0.2, 0.25) is 0 Å². The molecule has 0 radical (unpaired) electrons. The largest absolute Gasteiger partial charge is 0.573 e. The fourth-order valence-electron chi connectivity index (χ4n) is 4.66. The average molecular weight is 563 g/mol. The van der Waals surface area contributed by atoms with Crippen LogP contribution in [-0.4, -0.2) is 53.2 Å². The summed E-state index contributed by atoms with van der Waals surface area (Å²) in [6.07, 6.45) is 0.687. The molecule has 13 heteroatoms. The van der Waals surface area contributed by atoms with Gasteiger partial charge in [-0.2, -0.15) is 4.31 Å². The summed E-state index contributed by atoms with van der Waals surface area (Å²) in [6, 6.07) is 7.84. The van der Waals surface area contributed by atoms with Gasteiger partial charge in [0.15, 0.2) is 11.6 Å². The van der Waals surface area contributed by atoms with Gasteiger partial charge in [-0.1, -0.05) is 12.6 Å². The molecule has 1 N–H and O–H groups in total. The molecule has 5 rings (SSSR count). The molecule has 1 saturated heterocycles.